The lowest BCUT2D eigenvalue weighted by Crippen LogP contribution is -2.19. The highest BCUT2D eigenvalue weighted by Gasteiger charge is 2.42. The summed E-state index contributed by atoms with van der Waals surface area (Å²) in [6, 6.07) is 17.6. The Labute approximate surface area is 209 Å². The topological polar surface area (TPSA) is 76.4 Å². The van der Waals surface area contributed by atoms with E-state index in [0.717, 1.165) is 33.0 Å². The Hall–Kier alpha value is -3.50. The second-order valence-electron chi connectivity index (χ2n) is 8.59. The van der Waals surface area contributed by atoms with E-state index < -0.39 is 39.3 Å². The zero-order chi connectivity index (χ0) is 25.8. The SMILES string of the molecule is O=C(O)[C@H]1CS(=O)(=O)c2c(-c3cccc(C(F)(F)F)c3)c(Cc3cccc4ccccc34)cc(=S)n21. The molecular formula is C26H18F3NO4S2. The van der Waals surface area contributed by atoms with Crippen LogP contribution < -0.4 is 0 Å². The summed E-state index contributed by atoms with van der Waals surface area (Å²) in [5, 5.41) is 11.2. The van der Waals surface area contributed by atoms with Crippen LogP contribution in [0.15, 0.2) is 77.8 Å². The van der Waals surface area contributed by atoms with E-state index in [1.54, 1.807) is 0 Å². The van der Waals surface area contributed by atoms with Crippen molar-refractivity contribution in [1.29, 1.82) is 0 Å². The van der Waals surface area contributed by atoms with Crippen LogP contribution in [-0.4, -0.2) is 29.8 Å². The lowest BCUT2D eigenvalue weighted by Gasteiger charge is -2.19. The van der Waals surface area contributed by atoms with Crippen molar-refractivity contribution in [2.75, 3.05) is 5.75 Å². The lowest BCUT2D eigenvalue weighted by atomic mass is 9.93. The van der Waals surface area contributed by atoms with Crippen LogP contribution in [0.3, 0.4) is 0 Å². The minimum Gasteiger partial charge on any atom is -0.480 e. The maximum atomic E-state index is 13.5. The highest BCUT2D eigenvalue weighted by atomic mass is 32.2. The molecule has 0 radical (unpaired) electrons. The van der Waals surface area contributed by atoms with Crippen molar-refractivity contribution in [1.82, 2.24) is 4.57 Å². The van der Waals surface area contributed by atoms with Gasteiger partial charge in [0.2, 0.25) is 0 Å². The van der Waals surface area contributed by atoms with Crippen molar-refractivity contribution in [3.05, 3.63) is 94.1 Å². The number of hydrogen-bond donors (Lipinski definition) is 1. The number of carboxylic acid groups (broad SMARTS) is 1. The number of nitrogens with zero attached hydrogens (tertiary/aromatic N) is 1. The van der Waals surface area contributed by atoms with Gasteiger partial charge in [-0.3, -0.25) is 0 Å². The number of sulfone groups is 1. The van der Waals surface area contributed by atoms with Crippen LogP contribution in [-0.2, 0) is 27.2 Å². The van der Waals surface area contributed by atoms with E-state index in [-0.39, 0.29) is 27.2 Å². The van der Waals surface area contributed by atoms with Gasteiger partial charge in [-0.2, -0.15) is 13.2 Å². The summed E-state index contributed by atoms with van der Waals surface area (Å²) < 4.78 is 68.2. The summed E-state index contributed by atoms with van der Waals surface area (Å²) in [4.78, 5) is 11.9. The van der Waals surface area contributed by atoms with Crippen LogP contribution >= 0.6 is 12.2 Å². The molecule has 0 unspecified atom stereocenters. The minimum atomic E-state index is -4.65. The number of carboxylic acids is 1. The molecule has 3 aromatic carbocycles. The van der Waals surface area contributed by atoms with Crippen LogP contribution in [0.1, 0.15) is 22.7 Å². The monoisotopic (exact) mass is 529 g/mol. The second kappa shape index (κ2) is 8.56. The maximum Gasteiger partial charge on any atom is 0.416 e. The fraction of sp³-hybridized carbons (Fsp3) is 0.154. The number of fused-ring (bicyclic) bond motifs is 2. The number of pyridine rings is 1. The predicted octanol–water partition coefficient (Wildman–Crippen LogP) is 6.06. The van der Waals surface area contributed by atoms with Crippen molar-refractivity contribution in [3.63, 3.8) is 0 Å². The van der Waals surface area contributed by atoms with Crippen molar-refractivity contribution in [3.8, 4) is 11.1 Å². The first-order chi connectivity index (χ1) is 17.0. The molecule has 5 nitrogen and oxygen atoms in total. The average molecular weight is 530 g/mol. The van der Waals surface area contributed by atoms with E-state index in [9.17, 15) is 31.5 Å². The molecule has 1 N–H and O–H groups in total. The van der Waals surface area contributed by atoms with E-state index in [0.29, 0.717) is 5.56 Å². The maximum absolute atomic E-state index is 13.5. The Kier molecular flexibility index (Phi) is 5.76. The van der Waals surface area contributed by atoms with E-state index in [2.05, 4.69) is 0 Å². The fourth-order valence-electron chi connectivity index (χ4n) is 4.74. The molecule has 0 bridgehead atoms. The molecule has 0 saturated heterocycles. The molecule has 0 fully saturated rings. The van der Waals surface area contributed by atoms with Crippen molar-refractivity contribution < 1.29 is 31.5 Å². The van der Waals surface area contributed by atoms with Gasteiger partial charge in [0.25, 0.3) is 0 Å². The van der Waals surface area contributed by atoms with Crippen LogP contribution in [0.4, 0.5) is 13.2 Å². The van der Waals surface area contributed by atoms with Gasteiger partial charge < -0.3 is 9.67 Å². The molecule has 36 heavy (non-hydrogen) atoms. The Balaban J connectivity index is 1.84. The van der Waals surface area contributed by atoms with Crippen LogP contribution in [0.5, 0.6) is 0 Å². The first-order valence-electron chi connectivity index (χ1n) is 10.9. The summed E-state index contributed by atoms with van der Waals surface area (Å²) in [7, 11) is -4.17. The number of hydrogen-bond acceptors (Lipinski definition) is 4. The second-order valence-corrected chi connectivity index (χ2v) is 11.0. The van der Waals surface area contributed by atoms with Gasteiger partial charge in [0.05, 0.1) is 11.3 Å². The van der Waals surface area contributed by atoms with Gasteiger partial charge in [0.15, 0.2) is 9.84 Å². The smallest absolute Gasteiger partial charge is 0.416 e. The summed E-state index contributed by atoms with van der Waals surface area (Å²) in [5.41, 5.74) is 0.338. The van der Waals surface area contributed by atoms with Gasteiger partial charge in [0, 0.05) is 5.56 Å². The fourth-order valence-corrected chi connectivity index (χ4v) is 7.11. The Morgan fingerprint density at radius 2 is 1.69 bits per heavy atom. The molecule has 4 aromatic rings. The van der Waals surface area contributed by atoms with Crippen molar-refractivity contribution >= 4 is 38.8 Å². The Bertz CT molecular complexity index is 1700. The van der Waals surface area contributed by atoms with Crippen molar-refractivity contribution in [2.24, 2.45) is 0 Å². The zero-order valence-electron chi connectivity index (χ0n) is 18.5. The number of halogens is 3. The summed E-state index contributed by atoms with van der Waals surface area (Å²) in [6.07, 6.45) is -4.47. The number of alkyl halides is 3. The van der Waals surface area contributed by atoms with Crippen LogP contribution in [0.25, 0.3) is 21.9 Å². The molecule has 2 heterocycles. The van der Waals surface area contributed by atoms with E-state index >= 15 is 0 Å². The molecular weight excluding hydrogens is 511 g/mol. The Morgan fingerprint density at radius 3 is 2.42 bits per heavy atom. The standard InChI is InChI=1S/C26H18F3NO4S2/c27-26(28,29)19-9-4-8-17(12-19)23-18(11-16-7-3-6-15-5-1-2-10-20(15)16)13-22(35)30-21(25(31)32)14-36(33,34)24(23)30/h1-10,12-13,21H,11,14H2,(H,31,32)/t21-/m1/s1. The zero-order valence-corrected chi connectivity index (χ0v) is 20.1. The molecule has 0 spiro atoms. The molecule has 10 heteroatoms. The van der Waals surface area contributed by atoms with E-state index in [1.807, 2.05) is 42.5 Å². The molecule has 1 aromatic heterocycles. The number of benzene rings is 3. The van der Waals surface area contributed by atoms with Gasteiger partial charge in [-0.15, -0.1) is 0 Å². The van der Waals surface area contributed by atoms with Gasteiger partial charge in [-0.05, 0) is 52.1 Å². The molecule has 1 aliphatic rings. The number of rotatable bonds is 4. The first-order valence-corrected chi connectivity index (χ1v) is 12.9. The third-order valence-corrected chi connectivity index (χ3v) is 8.36. The number of carbonyl (C=O) groups is 1. The van der Waals surface area contributed by atoms with Gasteiger partial charge in [-0.1, -0.05) is 66.8 Å². The van der Waals surface area contributed by atoms with Crippen LogP contribution in [0, 0.1) is 4.64 Å². The van der Waals surface area contributed by atoms with Gasteiger partial charge in [-0.25, -0.2) is 13.2 Å². The number of aliphatic carboxylic acids is 1. The molecule has 184 valence electrons. The van der Waals surface area contributed by atoms with Crippen molar-refractivity contribution in [2.45, 2.75) is 23.7 Å². The van der Waals surface area contributed by atoms with Crippen LogP contribution in [0.2, 0.25) is 0 Å². The molecule has 1 atom stereocenters. The summed E-state index contributed by atoms with van der Waals surface area (Å²) >= 11 is 5.43. The first kappa shape index (κ1) is 24.2. The quantitative estimate of drug-likeness (QED) is 0.325. The normalized spacial score (nSPS) is 16.7. The van der Waals surface area contributed by atoms with E-state index in [4.69, 9.17) is 12.2 Å². The Morgan fingerprint density at radius 1 is 1.00 bits per heavy atom. The number of aromatic nitrogens is 1. The highest BCUT2D eigenvalue weighted by Crippen LogP contribution is 2.42. The summed E-state index contributed by atoms with van der Waals surface area (Å²) in [6.45, 7) is 0. The third-order valence-electron chi connectivity index (χ3n) is 6.30. The highest BCUT2D eigenvalue weighted by molar-refractivity contribution is 7.91. The molecule has 0 saturated carbocycles. The lowest BCUT2D eigenvalue weighted by molar-refractivity contribution is -0.140. The molecule has 0 aliphatic carbocycles. The molecule has 1 aliphatic heterocycles. The van der Waals surface area contributed by atoms with Gasteiger partial charge in [0.1, 0.15) is 15.7 Å². The largest absolute Gasteiger partial charge is 0.480 e. The molecule has 5 rings (SSSR count). The minimum absolute atomic E-state index is 0.00978. The third kappa shape index (κ3) is 4.10. The van der Waals surface area contributed by atoms with Gasteiger partial charge >= 0.3 is 12.1 Å². The predicted molar refractivity (Wildman–Crippen MR) is 131 cm³/mol. The average Bonchev–Trinajstić information content (AvgIpc) is 3.11. The summed E-state index contributed by atoms with van der Waals surface area (Å²) in [5.74, 6) is -2.11. The van der Waals surface area contributed by atoms with E-state index in [1.165, 1.54) is 18.2 Å². The molecule has 0 amide bonds.